The Hall–Kier alpha value is -1.34. The summed E-state index contributed by atoms with van der Waals surface area (Å²) >= 11 is 4.79. The van der Waals surface area contributed by atoms with Crippen molar-refractivity contribution in [3.05, 3.63) is 50.1 Å². The zero-order valence-corrected chi connectivity index (χ0v) is 12.9. The number of nitro benzene ring substituents is 1. The predicted molar refractivity (Wildman–Crippen MR) is 78.3 cm³/mol. The van der Waals surface area contributed by atoms with E-state index < -0.39 is 0 Å². The molecule has 0 saturated heterocycles. The smallest absolute Gasteiger partial charge is 0.262 e. The first-order chi connectivity index (χ1) is 8.97. The van der Waals surface area contributed by atoms with Gasteiger partial charge in [0.25, 0.3) is 5.69 Å². The summed E-state index contributed by atoms with van der Waals surface area (Å²) in [5.74, 6) is 0.674. The molecule has 0 spiro atoms. The van der Waals surface area contributed by atoms with Crippen molar-refractivity contribution in [2.24, 2.45) is 7.05 Å². The van der Waals surface area contributed by atoms with Gasteiger partial charge >= 0.3 is 0 Å². The van der Waals surface area contributed by atoms with E-state index in [-0.39, 0.29) is 10.6 Å². The SMILES string of the molecule is Cc1cc(SCc2ccc(Br)c([N+](=O)[O-])c2)n(C)n1. The van der Waals surface area contributed by atoms with E-state index in [2.05, 4.69) is 21.0 Å². The molecule has 1 aromatic carbocycles. The Balaban J connectivity index is 2.14. The van der Waals surface area contributed by atoms with E-state index in [1.807, 2.05) is 30.8 Å². The lowest BCUT2D eigenvalue weighted by atomic mass is 10.2. The maximum absolute atomic E-state index is 10.9. The zero-order chi connectivity index (χ0) is 14.0. The molecule has 19 heavy (non-hydrogen) atoms. The van der Waals surface area contributed by atoms with Crippen LogP contribution in [0.1, 0.15) is 11.3 Å². The largest absolute Gasteiger partial charge is 0.283 e. The van der Waals surface area contributed by atoms with Crippen molar-refractivity contribution in [3.63, 3.8) is 0 Å². The Kier molecular flexibility index (Phi) is 4.26. The highest BCUT2D eigenvalue weighted by atomic mass is 79.9. The van der Waals surface area contributed by atoms with Gasteiger partial charge in [-0.15, -0.1) is 11.8 Å². The summed E-state index contributed by atoms with van der Waals surface area (Å²) in [6, 6.07) is 7.19. The van der Waals surface area contributed by atoms with E-state index in [9.17, 15) is 10.1 Å². The van der Waals surface area contributed by atoms with Gasteiger partial charge in [0, 0.05) is 18.9 Å². The summed E-state index contributed by atoms with van der Waals surface area (Å²) in [6.45, 7) is 1.94. The minimum Gasteiger partial charge on any atom is -0.262 e. The molecule has 0 unspecified atom stereocenters. The molecule has 0 saturated carbocycles. The van der Waals surface area contributed by atoms with Crippen molar-refractivity contribution in [2.75, 3.05) is 0 Å². The minimum atomic E-state index is -0.382. The normalized spacial score (nSPS) is 10.7. The topological polar surface area (TPSA) is 61.0 Å². The van der Waals surface area contributed by atoms with Crippen molar-refractivity contribution in [1.82, 2.24) is 9.78 Å². The molecular weight excluding hydrogens is 330 g/mol. The van der Waals surface area contributed by atoms with Crippen LogP contribution in [-0.2, 0) is 12.8 Å². The standard InChI is InChI=1S/C12H12BrN3O2S/c1-8-5-12(15(2)14-8)19-7-9-3-4-10(13)11(6-9)16(17)18/h3-6H,7H2,1-2H3. The van der Waals surface area contributed by atoms with Crippen LogP contribution in [0.5, 0.6) is 0 Å². The first-order valence-electron chi connectivity index (χ1n) is 5.53. The zero-order valence-electron chi connectivity index (χ0n) is 10.5. The lowest BCUT2D eigenvalue weighted by Crippen LogP contribution is -1.94. The number of benzene rings is 1. The lowest BCUT2D eigenvalue weighted by Gasteiger charge is -2.03. The molecule has 0 aliphatic heterocycles. The molecule has 2 rings (SSSR count). The summed E-state index contributed by atoms with van der Waals surface area (Å²) in [6.07, 6.45) is 0. The van der Waals surface area contributed by atoms with Crippen LogP contribution in [0.2, 0.25) is 0 Å². The van der Waals surface area contributed by atoms with Crippen LogP contribution in [0.25, 0.3) is 0 Å². The van der Waals surface area contributed by atoms with E-state index in [0.717, 1.165) is 16.3 Å². The summed E-state index contributed by atoms with van der Waals surface area (Å²) in [5.41, 5.74) is 1.98. The monoisotopic (exact) mass is 341 g/mol. The summed E-state index contributed by atoms with van der Waals surface area (Å²) in [5, 5.41) is 16.2. The third-order valence-corrected chi connectivity index (χ3v) is 4.38. The Morgan fingerprint density at radius 1 is 1.47 bits per heavy atom. The molecule has 0 atom stereocenters. The average molecular weight is 342 g/mol. The van der Waals surface area contributed by atoms with Gasteiger partial charge in [0.1, 0.15) is 0 Å². The van der Waals surface area contributed by atoms with Gasteiger partial charge in [-0.2, -0.15) is 5.10 Å². The first kappa shape index (κ1) is 14.1. The van der Waals surface area contributed by atoms with Gasteiger partial charge in [0.2, 0.25) is 0 Å². The quantitative estimate of drug-likeness (QED) is 0.483. The molecule has 0 fully saturated rings. The number of halogens is 1. The van der Waals surface area contributed by atoms with E-state index in [1.54, 1.807) is 23.9 Å². The molecule has 1 aromatic heterocycles. The summed E-state index contributed by atoms with van der Waals surface area (Å²) in [4.78, 5) is 10.5. The van der Waals surface area contributed by atoms with Gasteiger partial charge in [0.15, 0.2) is 0 Å². The van der Waals surface area contributed by atoms with Crippen LogP contribution in [0.15, 0.2) is 33.8 Å². The molecule has 100 valence electrons. The Labute approximate surface area is 123 Å². The highest BCUT2D eigenvalue weighted by Gasteiger charge is 2.12. The molecule has 0 N–H and O–H groups in total. The molecule has 0 bridgehead atoms. The van der Waals surface area contributed by atoms with Gasteiger partial charge in [0.05, 0.1) is 20.1 Å². The average Bonchev–Trinajstić information content (AvgIpc) is 2.66. The molecule has 1 heterocycles. The Morgan fingerprint density at radius 2 is 2.21 bits per heavy atom. The van der Waals surface area contributed by atoms with E-state index in [4.69, 9.17) is 0 Å². The number of hydrogen-bond donors (Lipinski definition) is 0. The second-order valence-electron chi connectivity index (χ2n) is 4.08. The van der Waals surface area contributed by atoms with Gasteiger partial charge in [-0.25, -0.2) is 0 Å². The van der Waals surface area contributed by atoms with Crippen LogP contribution < -0.4 is 0 Å². The fourth-order valence-corrected chi connectivity index (χ4v) is 3.03. The fourth-order valence-electron chi connectivity index (χ4n) is 1.67. The van der Waals surface area contributed by atoms with Crippen LogP contribution >= 0.6 is 27.7 Å². The second kappa shape index (κ2) is 5.75. The summed E-state index contributed by atoms with van der Waals surface area (Å²) in [7, 11) is 1.89. The molecule has 0 amide bonds. The third-order valence-electron chi connectivity index (χ3n) is 2.55. The van der Waals surface area contributed by atoms with Crippen LogP contribution in [-0.4, -0.2) is 14.7 Å². The van der Waals surface area contributed by atoms with Gasteiger partial charge < -0.3 is 0 Å². The molecule has 0 radical (unpaired) electrons. The Morgan fingerprint density at radius 3 is 2.79 bits per heavy atom. The predicted octanol–water partition coefficient (Wildman–Crippen LogP) is 3.69. The van der Waals surface area contributed by atoms with Crippen LogP contribution in [0, 0.1) is 17.0 Å². The fraction of sp³-hybridized carbons (Fsp3) is 0.250. The van der Waals surface area contributed by atoms with E-state index >= 15 is 0 Å². The van der Waals surface area contributed by atoms with Crippen LogP contribution in [0.4, 0.5) is 5.69 Å². The number of nitrogens with zero attached hydrogens (tertiary/aromatic N) is 3. The van der Waals surface area contributed by atoms with E-state index in [0.29, 0.717) is 10.2 Å². The summed E-state index contributed by atoms with van der Waals surface area (Å²) < 4.78 is 2.32. The van der Waals surface area contributed by atoms with Crippen molar-refractivity contribution < 1.29 is 4.92 Å². The lowest BCUT2D eigenvalue weighted by molar-refractivity contribution is -0.385. The van der Waals surface area contributed by atoms with Crippen molar-refractivity contribution in [2.45, 2.75) is 17.7 Å². The molecule has 2 aromatic rings. The number of aryl methyl sites for hydroxylation is 2. The van der Waals surface area contributed by atoms with Gasteiger partial charge in [-0.05, 0) is 40.5 Å². The first-order valence-corrected chi connectivity index (χ1v) is 7.31. The number of aromatic nitrogens is 2. The second-order valence-corrected chi connectivity index (χ2v) is 5.93. The van der Waals surface area contributed by atoms with E-state index in [1.165, 1.54) is 0 Å². The molecule has 0 aliphatic carbocycles. The number of thioether (sulfide) groups is 1. The molecule has 7 heteroatoms. The van der Waals surface area contributed by atoms with Gasteiger partial charge in [-0.3, -0.25) is 14.8 Å². The molecular formula is C12H12BrN3O2S. The third kappa shape index (κ3) is 3.36. The molecule has 5 nitrogen and oxygen atoms in total. The highest BCUT2D eigenvalue weighted by Crippen LogP contribution is 2.29. The van der Waals surface area contributed by atoms with Crippen molar-refractivity contribution in [3.8, 4) is 0 Å². The van der Waals surface area contributed by atoms with Gasteiger partial charge in [-0.1, -0.05) is 6.07 Å². The molecule has 0 aliphatic rings. The Bertz CT molecular complexity index is 627. The number of rotatable bonds is 4. The van der Waals surface area contributed by atoms with Crippen molar-refractivity contribution >= 4 is 33.4 Å². The van der Waals surface area contributed by atoms with Crippen LogP contribution in [0.3, 0.4) is 0 Å². The minimum absolute atomic E-state index is 0.0966. The van der Waals surface area contributed by atoms with Crippen molar-refractivity contribution in [1.29, 1.82) is 0 Å². The maximum Gasteiger partial charge on any atom is 0.283 e. The highest BCUT2D eigenvalue weighted by molar-refractivity contribution is 9.10. The number of nitro groups is 1. The number of hydrogen-bond acceptors (Lipinski definition) is 4. The maximum atomic E-state index is 10.9.